The zero-order valence-corrected chi connectivity index (χ0v) is 11.8. The summed E-state index contributed by atoms with van der Waals surface area (Å²) < 4.78 is 0. The number of hydrogen-bond acceptors (Lipinski definition) is 2. The van der Waals surface area contributed by atoms with Crippen molar-refractivity contribution in [2.24, 2.45) is 11.8 Å². The van der Waals surface area contributed by atoms with E-state index in [9.17, 15) is 9.90 Å². The molecule has 3 nitrogen and oxygen atoms in total. The Hall–Kier alpha value is -0.570. The monoisotopic (exact) mass is 253 g/mol. The molecule has 2 aliphatic rings. The van der Waals surface area contributed by atoms with Crippen molar-refractivity contribution in [2.75, 3.05) is 13.1 Å². The third-order valence-corrected chi connectivity index (χ3v) is 4.79. The minimum atomic E-state index is -0.626. The summed E-state index contributed by atoms with van der Waals surface area (Å²) in [5.74, 6) is 1.08. The quantitative estimate of drug-likeness (QED) is 0.785. The second-order valence-corrected chi connectivity index (χ2v) is 6.57. The van der Waals surface area contributed by atoms with E-state index in [0.29, 0.717) is 25.4 Å². The Morgan fingerprint density at radius 2 is 1.78 bits per heavy atom. The lowest BCUT2D eigenvalue weighted by Crippen LogP contribution is -2.66. The molecule has 104 valence electrons. The summed E-state index contributed by atoms with van der Waals surface area (Å²) in [7, 11) is 0. The van der Waals surface area contributed by atoms with Crippen LogP contribution in [-0.4, -0.2) is 34.6 Å². The van der Waals surface area contributed by atoms with Gasteiger partial charge in [-0.05, 0) is 24.7 Å². The van der Waals surface area contributed by atoms with Crippen LogP contribution in [0.3, 0.4) is 0 Å². The van der Waals surface area contributed by atoms with Crippen LogP contribution in [-0.2, 0) is 4.79 Å². The van der Waals surface area contributed by atoms with Gasteiger partial charge < -0.3 is 10.0 Å². The first-order valence-corrected chi connectivity index (χ1v) is 7.51. The lowest BCUT2D eigenvalue weighted by Gasteiger charge is -2.49. The second kappa shape index (κ2) is 5.60. The number of likely N-dealkylation sites (tertiary alicyclic amines) is 1. The van der Waals surface area contributed by atoms with E-state index in [1.165, 1.54) is 38.5 Å². The van der Waals surface area contributed by atoms with Crippen LogP contribution in [0.1, 0.15) is 58.8 Å². The van der Waals surface area contributed by atoms with Crippen LogP contribution < -0.4 is 0 Å². The molecule has 0 aromatic rings. The number of β-amino-alcohol motifs (C(OH)–C–C–N with tert-alkyl or cyclic N) is 1. The zero-order chi connectivity index (χ0) is 13.2. The van der Waals surface area contributed by atoms with E-state index in [2.05, 4.69) is 0 Å². The summed E-state index contributed by atoms with van der Waals surface area (Å²) in [6.45, 7) is 5.12. The minimum Gasteiger partial charge on any atom is -0.386 e. The van der Waals surface area contributed by atoms with Crippen LogP contribution in [0, 0.1) is 11.8 Å². The Morgan fingerprint density at radius 3 is 2.28 bits per heavy atom. The van der Waals surface area contributed by atoms with E-state index in [0.717, 1.165) is 0 Å². The molecule has 0 radical (unpaired) electrons. The average molecular weight is 253 g/mol. The molecule has 18 heavy (non-hydrogen) atoms. The summed E-state index contributed by atoms with van der Waals surface area (Å²) >= 11 is 0. The molecule has 1 amide bonds. The smallest absolute Gasteiger partial charge is 0.223 e. The maximum Gasteiger partial charge on any atom is 0.223 e. The van der Waals surface area contributed by atoms with Gasteiger partial charge in [0, 0.05) is 6.42 Å². The van der Waals surface area contributed by atoms with Gasteiger partial charge in [0.1, 0.15) is 5.60 Å². The Morgan fingerprint density at radius 1 is 1.22 bits per heavy atom. The molecule has 0 aromatic heterocycles. The van der Waals surface area contributed by atoms with Gasteiger partial charge in [-0.1, -0.05) is 39.5 Å². The Labute approximate surface area is 111 Å². The molecule has 2 rings (SSSR count). The van der Waals surface area contributed by atoms with Crippen LogP contribution >= 0.6 is 0 Å². The van der Waals surface area contributed by atoms with Crippen LogP contribution in [0.15, 0.2) is 0 Å². The number of carbonyl (C=O) groups is 1. The van der Waals surface area contributed by atoms with Gasteiger partial charge in [-0.3, -0.25) is 4.79 Å². The highest BCUT2D eigenvalue weighted by molar-refractivity contribution is 5.77. The molecule has 0 unspecified atom stereocenters. The van der Waals surface area contributed by atoms with Crippen LogP contribution in [0.25, 0.3) is 0 Å². The second-order valence-electron chi connectivity index (χ2n) is 6.57. The van der Waals surface area contributed by atoms with Gasteiger partial charge in [0.15, 0.2) is 0 Å². The van der Waals surface area contributed by atoms with Crippen LogP contribution in [0.2, 0.25) is 0 Å². The zero-order valence-electron chi connectivity index (χ0n) is 11.8. The summed E-state index contributed by atoms with van der Waals surface area (Å²) in [6, 6.07) is 0. The van der Waals surface area contributed by atoms with Crippen LogP contribution in [0.4, 0.5) is 0 Å². The molecule has 1 heterocycles. The molecular formula is C15H27NO2. The highest BCUT2D eigenvalue weighted by Crippen LogP contribution is 2.31. The highest BCUT2D eigenvalue weighted by atomic mass is 16.3. The summed E-state index contributed by atoms with van der Waals surface area (Å²) in [6.07, 6.45) is 8.38. The number of nitrogens with zero attached hydrogens (tertiary/aromatic N) is 1. The first-order valence-electron chi connectivity index (χ1n) is 7.51. The molecule has 3 heteroatoms. The first-order chi connectivity index (χ1) is 8.51. The lowest BCUT2D eigenvalue weighted by atomic mass is 9.82. The van der Waals surface area contributed by atoms with E-state index in [-0.39, 0.29) is 11.8 Å². The molecule has 1 saturated heterocycles. The molecule has 0 bridgehead atoms. The van der Waals surface area contributed by atoms with Crippen molar-refractivity contribution in [1.29, 1.82) is 0 Å². The van der Waals surface area contributed by atoms with Gasteiger partial charge in [0.2, 0.25) is 5.91 Å². The molecule has 0 spiro atoms. The molecule has 1 N–H and O–H groups in total. The average Bonchev–Trinajstić information content (AvgIpc) is 2.52. The Bertz CT molecular complexity index is 287. The fourth-order valence-corrected chi connectivity index (χ4v) is 3.10. The first kappa shape index (κ1) is 13.9. The SMILES string of the molecule is CC(C)C1(O)CN(C(=O)CC2CCCCCC2)C1. The third-order valence-electron chi connectivity index (χ3n) is 4.79. The Balaban J connectivity index is 1.76. The van der Waals surface area contributed by atoms with E-state index < -0.39 is 5.60 Å². The topological polar surface area (TPSA) is 40.5 Å². The van der Waals surface area contributed by atoms with Gasteiger partial charge >= 0.3 is 0 Å². The summed E-state index contributed by atoms with van der Waals surface area (Å²) in [5.41, 5.74) is -0.626. The van der Waals surface area contributed by atoms with Gasteiger partial charge in [-0.2, -0.15) is 0 Å². The maximum atomic E-state index is 12.1. The molecule has 1 aliphatic heterocycles. The van der Waals surface area contributed by atoms with Crippen molar-refractivity contribution < 1.29 is 9.90 Å². The van der Waals surface area contributed by atoms with Gasteiger partial charge in [-0.25, -0.2) is 0 Å². The maximum absolute atomic E-state index is 12.1. The minimum absolute atomic E-state index is 0.236. The predicted molar refractivity (Wildman–Crippen MR) is 72.2 cm³/mol. The molecule has 2 fully saturated rings. The molecule has 0 aromatic carbocycles. The molecule has 0 atom stereocenters. The van der Waals surface area contributed by atoms with Crippen LogP contribution in [0.5, 0.6) is 0 Å². The van der Waals surface area contributed by atoms with E-state index in [4.69, 9.17) is 0 Å². The lowest BCUT2D eigenvalue weighted by molar-refractivity contribution is -0.164. The van der Waals surface area contributed by atoms with Crippen molar-refractivity contribution >= 4 is 5.91 Å². The number of amides is 1. The standard InChI is InChI=1S/C15H27NO2/c1-12(2)15(18)10-16(11-15)14(17)9-13-7-5-3-4-6-8-13/h12-13,18H,3-11H2,1-2H3. The molecule has 1 aliphatic carbocycles. The van der Waals surface area contributed by atoms with Crippen molar-refractivity contribution in [3.63, 3.8) is 0 Å². The van der Waals surface area contributed by atoms with Crippen molar-refractivity contribution in [2.45, 2.75) is 64.4 Å². The number of carbonyl (C=O) groups excluding carboxylic acids is 1. The van der Waals surface area contributed by atoms with Gasteiger partial charge in [0.25, 0.3) is 0 Å². The number of rotatable bonds is 3. The fourth-order valence-electron chi connectivity index (χ4n) is 3.10. The summed E-state index contributed by atoms with van der Waals surface area (Å²) in [4.78, 5) is 14.0. The fraction of sp³-hybridized carbons (Fsp3) is 0.933. The van der Waals surface area contributed by atoms with Crippen molar-refractivity contribution in [1.82, 2.24) is 4.90 Å². The normalized spacial score (nSPS) is 24.8. The predicted octanol–water partition coefficient (Wildman–Crippen LogP) is 2.58. The third kappa shape index (κ3) is 3.05. The Kier molecular flexibility index (Phi) is 4.31. The van der Waals surface area contributed by atoms with E-state index >= 15 is 0 Å². The van der Waals surface area contributed by atoms with Gasteiger partial charge in [0.05, 0.1) is 13.1 Å². The van der Waals surface area contributed by atoms with E-state index in [1.54, 1.807) is 0 Å². The largest absolute Gasteiger partial charge is 0.386 e. The summed E-state index contributed by atoms with van der Waals surface area (Å²) in [5, 5.41) is 10.2. The van der Waals surface area contributed by atoms with Gasteiger partial charge in [-0.15, -0.1) is 0 Å². The molecule has 1 saturated carbocycles. The van der Waals surface area contributed by atoms with Crippen molar-refractivity contribution in [3.8, 4) is 0 Å². The number of aliphatic hydroxyl groups is 1. The van der Waals surface area contributed by atoms with E-state index in [1.807, 2.05) is 18.7 Å². The van der Waals surface area contributed by atoms with Crippen molar-refractivity contribution in [3.05, 3.63) is 0 Å². The molecular weight excluding hydrogens is 226 g/mol. The highest BCUT2D eigenvalue weighted by Gasteiger charge is 2.45. The number of hydrogen-bond donors (Lipinski definition) is 1.